The molecule has 38 heavy (non-hydrogen) atoms. The van der Waals surface area contributed by atoms with Crippen molar-refractivity contribution in [1.82, 2.24) is 20.1 Å². The third-order valence-electron chi connectivity index (χ3n) is 7.88. The first kappa shape index (κ1) is 24.5. The molecular weight excluding hydrogens is 478 g/mol. The van der Waals surface area contributed by atoms with Gasteiger partial charge in [0.2, 0.25) is 0 Å². The summed E-state index contributed by atoms with van der Waals surface area (Å²) in [6, 6.07) is 14.5. The second kappa shape index (κ2) is 10.5. The van der Waals surface area contributed by atoms with Gasteiger partial charge < -0.3 is 25.4 Å². The molecule has 9 heteroatoms. The van der Waals surface area contributed by atoms with Crippen molar-refractivity contribution in [3.8, 4) is 28.8 Å². The molecule has 4 aliphatic rings. The fourth-order valence-electron chi connectivity index (χ4n) is 5.85. The van der Waals surface area contributed by atoms with E-state index in [1.807, 2.05) is 24.4 Å². The molecule has 0 radical (unpaired) electrons. The minimum absolute atomic E-state index is 0.178. The molecule has 196 valence electrons. The Morgan fingerprint density at radius 1 is 1.13 bits per heavy atom. The van der Waals surface area contributed by atoms with Gasteiger partial charge in [0.15, 0.2) is 5.82 Å². The van der Waals surface area contributed by atoms with Crippen LogP contribution in [0.4, 0.5) is 17.2 Å². The zero-order valence-corrected chi connectivity index (χ0v) is 21.6. The Balaban J connectivity index is 1.14. The summed E-state index contributed by atoms with van der Waals surface area (Å²) in [7, 11) is 0. The molecule has 1 aromatic carbocycles. The van der Waals surface area contributed by atoms with Crippen molar-refractivity contribution in [3.63, 3.8) is 0 Å². The molecule has 4 saturated heterocycles. The van der Waals surface area contributed by atoms with E-state index in [9.17, 15) is 5.11 Å². The second-order valence-electron chi connectivity index (χ2n) is 10.2. The van der Waals surface area contributed by atoms with Gasteiger partial charge >= 0.3 is 0 Å². The summed E-state index contributed by atoms with van der Waals surface area (Å²) < 4.78 is 5.60. The predicted octanol–water partition coefficient (Wildman–Crippen LogP) is 2.76. The highest BCUT2D eigenvalue weighted by atomic mass is 16.5. The molecule has 4 aliphatic heterocycles. The standard InChI is InChI=1S/C29H33N7O2/c1-2-21-19-38-13-12-34(21)11-5-6-20-14-22(9-10-31-20)36-23-15-24(36)18-35(17-23)27-16-26(32-33-29(27)30)25-7-3-4-8-28(25)37/h3-4,7-10,14,16,21,23-24,37H,2,11-13,15,17-19H2,1H3,(H2,30,33)/t21-,23?,24?/m1/s1. The zero-order chi connectivity index (χ0) is 26.1. The molecule has 0 aliphatic carbocycles. The number of aromatic nitrogens is 3. The number of rotatable bonds is 5. The molecule has 3 N–H and O–H groups in total. The molecule has 0 spiro atoms. The lowest BCUT2D eigenvalue weighted by atomic mass is 9.86. The van der Waals surface area contributed by atoms with Gasteiger partial charge in [-0.25, -0.2) is 4.98 Å². The van der Waals surface area contributed by atoms with E-state index >= 15 is 0 Å². The van der Waals surface area contributed by atoms with Gasteiger partial charge in [0.1, 0.15) is 11.4 Å². The van der Waals surface area contributed by atoms with E-state index in [4.69, 9.17) is 10.5 Å². The Labute approximate surface area is 223 Å². The second-order valence-corrected chi connectivity index (χ2v) is 10.2. The van der Waals surface area contributed by atoms with E-state index < -0.39 is 0 Å². The number of hydrogen-bond donors (Lipinski definition) is 2. The van der Waals surface area contributed by atoms with Crippen LogP contribution in [0.5, 0.6) is 5.75 Å². The quantitative estimate of drug-likeness (QED) is 0.501. The number of piperidine rings is 1. The number of nitrogen functional groups attached to an aromatic ring is 1. The number of nitrogens with zero attached hydrogens (tertiary/aromatic N) is 6. The van der Waals surface area contributed by atoms with Crippen molar-refractivity contribution in [2.45, 2.75) is 37.9 Å². The summed E-state index contributed by atoms with van der Waals surface area (Å²) in [4.78, 5) is 11.7. The lowest BCUT2D eigenvalue weighted by Crippen LogP contribution is -2.69. The Bertz CT molecular complexity index is 1360. The molecular formula is C29H33N7O2. The van der Waals surface area contributed by atoms with Crippen LogP contribution >= 0.6 is 0 Å². The van der Waals surface area contributed by atoms with Crippen molar-refractivity contribution >= 4 is 17.2 Å². The van der Waals surface area contributed by atoms with E-state index in [-0.39, 0.29) is 5.75 Å². The molecule has 0 amide bonds. The van der Waals surface area contributed by atoms with Crippen LogP contribution in [0.25, 0.3) is 11.3 Å². The maximum absolute atomic E-state index is 10.3. The number of morpholine rings is 1. The monoisotopic (exact) mass is 511 g/mol. The lowest BCUT2D eigenvalue weighted by Gasteiger charge is -2.58. The van der Waals surface area contributed by atoms with Crippen LogP contribution in [0.15, 0.2) is 48.7 Å². The van der Waals surface area contributed by atoms with Crippen molar-refractivity contribution in [1.29, 1.82) is 0 Å². The van der Waals surface area contributed by atoms with E-state index in [0.717, 1.165) is 63.6 Å². The van der Waals surface area contributed by atoms with Crippen molar-refractivity contribution < 1.29 is 9.84 Å². The SMILES string of the molecule is CC[C@@H]1COCCN1CC#Cc1cc(N2C3CC2CN(c2cc(-c4ccccc4O)nnc2N)C3)ccn1. The Morgan fingerprint density at radius 2 is 1.97 bits per heavy atom. The summed E-state index contributed by atoms with van der Waals surface area (Å²) in [5, 5.41) is 18.7. The number of para-hydroxylation sites is 1. The number of hydrogen-bond acceptors (Lipinski definition) is 9. The fraction of sp³-hybridized carbons (Fsp3) is 0.414. The molecule has 6 heterocycles. The topological polar surface area (TPSA) is 104 Å². The number of benzene rings is 1. The Hall–Kier alpha value is -3.87. The van der Waals surface area contributed by atoms with E-state index in [2.05, 4.69) is 60.8 Å². The summed E-state index contributed by atoms with van der Waals surface area (Å²) in [5.41, 5.74) is 10.4. The maximum Gasteiger partial charge on any atom is 0.169 e. The molecule has 0 saturated carbocycles. The molecule has 3 atom stereocenters. The zero-order valence-electron chi connectivity index (χ0n) is 21.6. The number of piperazine rings is 1. The van der Waals surface area contributed by atoms with Crippen molar-refractivity contribution in [2.24, 2.45) is 0 Å². The van der Waals surface area contributed by atoms with Gasteiger partial charge in [0.25, 0.3) is 0 Å². The number of anilines is 3. The average Bonchev–Trinajstić information content (AvgIpc) is 2.94. The van der Waals surface area contributed by atoms with Gasteiger partial charge in [0.05, 0.1) is 31.1 Å². The first-order valence-corrected chi connectivity index (χ1v) is 13.3. The van der Waals surface area contributed by atoms with E-state index in [1.165, 1.54) is 5.69 Å². The average molecular weight is 512 g/mol. The van der Waals surface area contributed by atoms with Crippen LogP contribution < -0.4 is 15.5 Å². The van der Waals surface area contributed by atoms with E-state index in [1.54, 1.807) is 12.1 Å². The number of aromatic hydroxyl groups is 1. The summed E-state index contributed by atoms with van der Waals surface area (Å²) >= 11 is 0. The Morgan fingerprint density at radius 3 is 2.79 bits per heavy atom. The summed E-state index contributed by atoms with van der Waals surface area (Å²) in [6.07, 6.45) is 4.07. The normalized spacial score (nSPS) is 22.9. The number of nitrogens with two attached hydrogens (primary N) is 1. The number of fused-ring (bicyclic) bond motifs is 2. The third kappa shape index (κ3) is 4.73. The van der Waals surface area contributed by atoms with Gasteiger partial charge in [-0.15, -0.1) is 10.2 Å². The van der Waals surface area contributed by atoms with Gasteiger partial charge in [0, 0.05) is 55.2 Å². The van der Waals surface area contributed by atoms with Crippen LogP contribution in [0, 0.1) is 11.8 Å². The fourth-order valence-corrected chi connectivity index (χ4v) is 5.85. The first-order chi connectivity index (χ1) is 18.6. The highest BCUT2D eigenvalue weighted by molar-refractivity contribution is 5.74. The number of ether oxygens (including phenoxy) is 1. The number of pyridine rings is 1. The van der Waals surface area contributed by atoms with Gasteiger partial charge in [-0.05, 0) is 49.1 Å². The molecule has 7 rings (SSSR count). The summed E-state index contributed by atoms with van der Waals surface area (Å²) in [5.74, 6) is 7.20. The minimum atomic E-state index is 0.178. The van der Waals surface area contributed by atoms with Crippen LogP contribution in [-0.2, 0) is 4.74 Å². The summed E-state index contributed by atoms with van der Waals surface area (Å²) in [6.45, 7) is 7.11. The van der Waals surface area contributed by atoms with Gasteiger partial charge in [-0.1, -0.05) is 25.0 Å². The molecule has 4 fully saturated rings. The van der Waals surface area contributed by atoms with E-state index in [0.29, 0.717) is 35.2 Å². The molecule has 2 bridgehead atoms. The smallest absolute Gasteiger partial charge is 0.169 e. The lowest BCUT2D eigenvalue weighted by molar-refractivity contribution is -0.00177. The molecule has 2 unspecified atom stereocenters. The maximum atomic E-state index is 10.3. The van der Waals surface area contributed by atoms with Crippen LogP contribution in [0.2, 0.25) is 0 Å². The van der Waals surface area contributed by atoms with Crippen LogP contribution in [0.3, 0.4) is 0 Å². The highest BCUT2D eigenvalue weighted by Gasteiger charge is 2.45. The third-order valence-corrected chi connectivity index (χ3v) is 7.88. The van der Waals surface area contributed by atoms with Crippen LogP contribution in [-0.4, -0.2) is 82.7 Å². The Kier molecular flexibility index (Phi) is 6.75. The van der Waals surface area contributed by atoms with Crippen LogP contribution in [0.1, 0.15) is 25.5 Å². The van der Waals surface area contributed by atoms with Crippen molar-refractivity contribution in [3.05, 3.63) is 54.4 Å². The first-order valence-electron chi connectivity index (χ1n) is 13.3. The van der Waals surface area contributed by atoms with Gasteiger partial charge in [-0.3, -0.25) is 4.90 Å². The minimum Gasteiger partial charge on any atom is -0.507 e. The number of phenolic OH excluding ortho intramolecular Hbond substituents is 1. The van der Waals surface area contributed by atoms with Crippen molar-refractivity contribution in [2.75, 3.05) is 54.9 Å². The van der Waals surface area contributed by atoms with Gasteiger partial charge in [-0.2, -0.15) is 0 Å². The highest BCUT2D eigenvalue weighted by Crippen LogP contribution is 2.40. The molecule has 3 aromatic rings. The molecule has 9 nitrogen and oxygen atoms in total. The number of phenols is 1. The largest absolute Gasteiger partial charge is 0.507 e. The predicted molar refractivity (Wildman–Crippen MR) is 148 cm³/mol. The molecule has 2 aromatic heterocycles.